The lowest BCUT2D eigenvalue weighted by molar-refractivity contribution is 0.0582. The normalized spacial score (nSPS) is 22.9. The van der Waals surface area contributed by atoms with Crippen LogP contribution in [0.2, 0.25) is 0 Å². The highest BCUT2D eigenvalue weighted by Crippen LogP contribution is 2.30. The predicted octanol–water partition coefficient (Wildman–Crippen LogP) is 3.43. The molecule has 2 aromatic carbocycles. The van der Waals surface area contributed by atoms with Crippen molar-refractivity contribution in [2.24, 2.45) is 5.92 Å². The SMILES string of the molecule is CN1C[C@@H]2CC[C@H](C1)N(C(=O)c1ccccc1OCc1ccccc1)C2. The number of likely N-dealkylation sites (N-methyl/N-ethyl adjacent to an activating group) is 1. The number of hydrogen-bond donors (Lipinski definition) is 0. The molecular weight excluding hydrogens is 324 g/mol. The van der Waals surface area contributed by atoms with E-state index >= 15 is 0 Å². The minimum Gasteiger partial charge on any atom is -0.488 e. The Labute approximate surface area is 155 Å². The molecule has 2 bridgehead atoms. The second-order valence-corrected chi connectivity index (χ2v) is 7.55. The number of benzene rings is 2. The highest BCUT2D eigenvalue weighted by Gasteiger charge is 2.37. The Kier molecular flexibility index (Phi) is 4.93. The number of fused-ring (bicyclic) bond motifs is 4. The van der Waals surface area contributed by atoms with E-state index in [1.807, 2.05) is 54.6 Å². The van der Waals surface area contributed by atoms with Gasteiger partial charge in [0.2, 0.25) is 0 Å². The average Bonchev–Trinajstić information content (AvgIpc) is 2.96. The van der Waals surface area contributed by atoms with Gasteiger partial charge in [-0.05, 0) is 43.5 Å². The quantitative estimate of drug-likeness (QED) is 0.847. The molecule has 3 aliphatic heterocycles. The summed E-state index contributed by atoms with van der Waals surface area (Å²) in [6.45, 7) is 3.39. The van der Waals surface area contributed by atoms with Crippen molar-refractivity contribution in [1.29, 1.82) is 0 Å². The zero-order chi connectivity index (χ0) is 17.9. The van der Waals surface area contributed by atoms with Crippen LogP contribution in [0.1, 0.15) is 28.8 Å². The standard InChI is InChI=1S/C22H26N2O2/c1-23-13-18-11-12-19(15-23)24(14-18)22(25)20-9-5-6-10-21(20)26-16-17-7-3-2-4-8-17/h2-10,18-19H,11-16H2,1H3/t18-,19+/m0/s1. The molecule has 0 aromatic heterocycles. The first-order chi connectivity index (χ1) is 12.7. The molecule has 2 aromatic rings. The number of piperidine rings is 1. The minimum absolute atomic E-state index is 0.110. The smallest absolute Gasteiger partial charge is 0.257 e. The van der Waals surface area contributed by atoms with Crippen LogP contribution in [-0.4, -0.2) is 48.4 Å². The van der Waals surface area contributed by atoms with E-state index in [-0.39, 0.29) is 5.91 Å². The van der Waals surface area contributed by atoms with Crippen LogP contribution < -0.4 is 4.74 Å². The first-order valence-corrected chi connectivity index (χ1v) is 9.46. The van der Waals surface area contributed by atoms with Crippen molar-refractivity contribution in [3.8, 4) is 5.75 Å². The minimum atomic E-state index is 0.110. The van der Waals surface area contributed by atoms with Crippen LogP contribution in [0.3, 0.4) is 0 Å². The lowest BCUT2D eigenvalue weighted by atomic mass is 9.94. The van der Waals surface area contributed by atoms with Gasteiger partial charge in [0, 0.05) is 25.7 Å². The van der Waals surface area contributed by atoms with Crippen LogP contribution in [0.15, 0.2) is 54.6 Å². The van der Waals surface area contributed by atoms with Crippen molar-refractivity contribution < 1.29 is 9.53 Å². The summed E-state index contributed by atoms with van der Waals surface area (Å²) in [6.07, 6.45) is 2.33. The molecule has 0 unspecified atom stereocenters. The number of carbonyl (C=O) groups is 1. The Hall–Kier alpha value is -2.33. The van der Waals surface area contributed by atoms with Crippen LogP contribution in [-0.2, 0) is 6.61 Å². The van der Waals surface area contributed by atoms with Gasteiger partial charge in [-0.3, -0.25) is 4.79 Å². The summed E-state index contributed by atoms with van der Waals surface area (Å²) in [5, 5.41) is 0. The van der Waals surface area contributed by atoms with Gasteiger partial charge < -0.3 is 14.5 Å². The van der Waals surface area contributed by atoms with Crippen LogP contribution >= 0.6 is 0 Å². The summed E-state index contributed by atoms with van der Waals surface area (Å²) in [6, 6.07) is 18.0. The van der Waals surface area contributed by atoms with E-state index in [1.165, 1.54) is 6.42 Å². The molecule has 0 spiro atoms. The molecule has 3 aliphatic rings. The molecule has 26 heavy (non-hydrogen) atoms. The van der Waals surface area contributed by atoms with Gasteiger partial charge in [0.1, 0.15) is 12.4 Å². The number of ether oxygens (including phenoxy) is 1. The molecule has 0 radical (unpaired) electrons. The first kappa shape index (κ1) is 17.1. The Morgan fingerprint density at radius 3 is 2.62 bits per heavy atom. The second kappa shape index (κ2) is 7.50. The fraction of sp³-hybridized carbons (Fsp3) is 0.409. The zero-order valence-electron chi connectivity index (χ0n) is 15.3. The topological polar surface area (TPSA) is 32.8 Å². The number of para-hydroxylation sites is 1. The summed E-state index contributed by atoms with van der Waals surface area (Å²) >= 11 is 0. The number of rotatable bonds is 4. The lowest BCUT2D eigenvalue weighted by Crippen LogP contribution is -2.47. The summed E-state index contributed by atoms with van der Waals surface area (Å²) in [7, 11) is 2.16. The van der Waals surface area contributed by atoms with Crippen LogP contribution in [0.5, 0.6) is 5.75 Å². The Morgan fingerprint density at radius 2 is 1.77 bits per heavy atom. The molecule has 1 amide bonds. The van der Waals surface area contributed by atoms with Gasteiger partial charge in [-0.25, -0.2) is 0 Å². The molecule has 5 rings (SSSR count). The summed E-state index contributed by atoms with van der Waals surface area (Å²) in [4.78, 5) is 17.8. The van der Waals surface area contributed by atoms with Crippen molar-refractivity contribution in [2.75, 3.05) is 26.7 Å². The first-order valence-electron chi connectivity index (χ1n) is 9.46. The van der Waals surface area contributed by atoms with E-state index in [2.05, 4.69) is 16.8 Å². The number of amides is 1. The predicted molar refractivity (Wildman–Crippen MR) is 102 cm³/mol. The zero-order valence-corrected chi connectivity index (χ0v) is 15.3. The van der Waals surface area contributed by atoms with Crippen molar-refractivity contribution >= 4 is 5.91 Å². The van der Waals surface area contributed by atoms with Gasteiger partial charge in [-0.1, -0.05) is 42.5 Å². The van der Waals surface area contributed by atoms with Crippen molar-refractivity contribution in [3.63, 3.8) is 0 Å². The number of carbonyl (C=O) groups excluding carboxylic acids is 1. The van der Waals surface area contributed by atoms with Crippen LogP contribution in [0.25, 0.3) is 0 Å². The summed E-state index contributed by atoms with van der Waals surface area (Å²) in [5.74, 6) is 1.37. The van der Waals surface area contributed by atoms with Gasteiger partial charge >= 0.3 is 0 Å². The second-order valence-electron chi connectivity index (χ2n) is 7.55. The van der Waals surface area contributed by atoms with Gasteiger partial charge in [0.15, 0.2) is 0 Å². The van der Waals surface area contributed by atoms with Crippen LogP contribution in [0, 0.1) is 5.92 Å². The van der Waals surface area contributed by atoms with E-state index in [9.17, 15) is 4.79 Å². The largest absolute Gasteiger partial charge is 0.488 e. The molecule has 2 atom stereocenters. The van der Waals surface area contributed by atoms with Crippen molar-refractivity contribution in [2.45, 2.75) is 25.5 Å². The van der Waals surface area contributed by atoms with Crippen molar-refractivity contribution in [1.82, 2.24) is 9.80 Å². The highest BCUT2D eigenvalue weighted by molar-refractivity contribution is 5.97. The van der Waals surface area contributed by atoms with Gasteiger partial charge in [-0.15, -0.1) is 0 Å². The van der Waals surface area contributed by atoms with E-state index in [0.717, 1.165) is 31.6 Å². The third-order valence-electron chi connectivity index (χ3n) is 5.51. The third kappa shape index (κ3) is 3.61. The van der Waals surface area contributed by atoms with E-state index in [1.54, 1.807) is 0 Å². The lowest BCUT2D eigenvalue weighted by Gasteiger charge is -2.36. The van der Waals surface area contributed by atoms with Gasteiger partial charge in [0.25, 0.3) is 5.91 Å². The molecular formula is C22H26N2O2. The van der Waals surface area contributed by atoms with E-state index in [0.29, 0.717) is 29.9 Å². The molecule has 4 heteroatoms. The maximum absolute atomic E-state index is 13.3. The Balaban J connectivity index is 1.53. The molecule has 4 nitrogen and oxygen atoms in total. The Morgan fingerprint density at radius 1 is 1.00 bits per heavy atom. The maximum Gasteiger partial charge on any atom is 0.257 e. The highest BCUT2D eigenvalue weighted by atomic mass is 16.5. The molecule has 3 heterocycles. The van der Waals surface area contributed by atoms with Gasteiger partial charge in [0.05, 0.1) is 5.56 Å². The van der Waals surface area contributed by atoms with E-state index in [4.69, 9.17) is 4.74 Å². The van der Waals surface area contributed by atoms with Gasteiger partial charge in [-0.2, -0.15) is 0 Å². The number of nitrogens with zero attached hydrogens (tertiary/aromatic N) is 2. The van der Waals surface area contributed by atoms with Crippen molar-refractivity contribution in [3.05, 3.63) is 65.7 Å². The molecule has 0 saturated carbocycles. The fourth-order valence-corrected chi connectivity index (χ4v) is 4.22. The summed E-state index contributed by atoms with van der Waals surface area (Å²) < 4.78 is 6.01. The average molecular weight is 350 g/mol. The maximum atomic E-state index is 13.3. The monoisotopic (exact) mass is 350 g/mol. The summed E-state index contributed by atoms with van der Waals surface area (Å²) in [5.41, 5.74) is 1.78. The number of hydrogen-bond acceptors (Lipinski definition) is 3. The van der Waals surface area contributed by atoms with Crippen LogP contribution in [0.4, 0.5) is 0 Å². The molecule has 136 valence electrons. The molecule has 0 aliphatic carbocycles. The Bertz CT molecular complexity index is 762. The van der Waals surface area contributed by atoms with E-state index < -0.39 is 0 Å². The molecule has 3 fully saturated rings. The molecule has 0 N–H and O–H groups in total. The third-order valence-corrected chi connectivity index (χ3v) is 5.51. The fourth-order valence-electron chi connectivity index (χ4n) is 4.22. The molecule has 3 saturated heterocycles.